The predicted molar refractivity (Wildman–Crippen MR) is 109 cm³/mol. The van der Waals surface area contributed by atoms with Gasteiger partial charge in [0.25, 0.3) is 0 Å². The van der Waals surface area contributed by atoms with Gasteiger partial charge in [-0.05, 0) is 24.6 Å². The molecule has 3 amide bonds. The third-order valence-electron chi connectivity index (χ3n) is 4.02. The van der Waals surface area contributed by atoms with Crippen LogP contribution >= 0.6 is 11.8 Å². The van der Waals surface area contributed by atoms with Crippen molar-refractivity contribution >= 4 is 29.4 Å². The molecule has 0 saturated heterocycles. The van der Waals surface area contributed by atoms with E-state index in [1.165, 1.54) is 30.0 Å². The number of hydrogen-bond acceptors (Lipinski definition) is 5. The number of hydrogen-bond donors (Lipinski definition) is 2. The second-order valence-electron chi connectivity index (χ2n) is 6.08. The number of imide groups is 1. The molecule has 0 aliphatic heterocycles. The van der Waals surface area contributed by atoms with Gasteiger partial charge >= 0.3 is 6.03 Å². The average Bonchev–Trinajstić information content (AvgIpc) is 3.10. The third kappa shape index (κ3) is 5.64. The Hall–Kier alpha value is -3.20. The number of anilines is 1. The van der Waals surface area contributed by atoms with Gasteiger partial charge < -0.3 is 9.88 Å². The number of thioether (sulfide) groups is 1. The van der Waals surface area contributed by atoms with E-state index < -0.39 is 17.8 Å². The molecule has 0 radical (unpaired) electrons. The Kier molecular flexibility index (Phi) is 6.96. The monoisotopic (exact) mass is 413 g/mol. The minimum Gasteiger partial charge on any atom is -0.306 e. The number of nitrogens with one attached hydrogen (secondary N) is 2. The molecule has 0 aliphatic rings. The van der Waals surface area contributed by atoms with E-state index in [-0.39, 0.29) is 11.4 Å². The summed E-state index contributed by atoms with van der Waals surface area (Å²) in [4.78, 5) is 23.9. The summed E-state index contributed by atoms with van der Waals surface area (Å²) >= 11 is 1.19. The maximum absolute atomic E-state index is 13.5. The zero-order valence-corrected chi connectivity index (χ0v) is 16.6. The van der Waals surface area contributed by atoms with E-state index in [1.54, 1.807) is 6.07 Å². The fourth-order valence-electron chi connectivity index (χ4n) is 2.66. The molecule has 0 saturated carbocycles. The van der Waals surface area contributed by atoms with E-state index >= 15 is 0 Å². The summed E-state index contributed by atoms with van der Waals surface area (Å²) in [6.45, 7) is 2.64. The molecule has 3 rings (SSSR count). The van der Waals surface area contributed by atoms with Crippen LogP contribution in [0.2, 0.25) is 0 Å². The lowest BCUT2D eigenvalue weighted by molar-refractivity contribution is -0.117. The van der Waals surface area contributed by atoms with Crippen LogP contribution in [0.25, 0.3) is 0 Å². The van der Waals surface area contributed by atoms with Gasteiger partial charge in [0, 0.05) is 13.0 Å². The van der Waals surface area contributed by atoms with Crippen LogP contribution in [0.4, 0.5) is 14.9 Å². The molecule has 0 unspecified atom stereocenters. The molecule has 0 fully saturated rings. The van der Waals surface area contributed by atoms with Crippen LogP contribution in [-0.4, -0.2) is 32.5 Å². The summed E-state index contributed by atoms with van der Waals surface area (Å²) in [6, 6.07) is 14.9. The van der Waals surface area contributed by atoms with Crippen molar-refractivity contribution in [3.63, 3.8) is 0 Å². The van der Waals surface area contributed by atoms with Crippen LogP contribution in [0.5, 0.6) is 0 Å². The number of nitrogens with zero attached hydrogens (tertiary/aromatic N) is 3. The molecule has 9 heteroatoms. The molecule has 0 atom stereocenters. The zero-order valence-electron chi connectivity index (χ0n) is 15.8. The topological polar surface area (TPSA) is 88.9 Å². The van der Waals surface area contributed by atoms with Crippen molar-refractivity contribution in [2.24, 2.45) is 0 Å². The van der Waals surface area contributed by atoms with E-state index in [2.05, 4.69) is 20.8 Å². The number of halogens is 1. The summed E-state index contributed by atoms with van der Waals surface area (Å²) in [7, 11) is 0. The maximum Gasteiger partial charge on any atom is 0.325 e. The number of rotatable bonds is 7. The Labute approximate surface area is 171 Å². The first-order valence-electron chi connectivity index (χ1n) is 9.01. The Bertz CT molecular complexity index is 994. The molecule has 2 N–H and O–H groups in total. The standard InChI is InChI=1S/C20H20FN5O2S/c1-2-26-17(12-14-8-4-3-5-9-14)24-25-20(26)29-13-18(27)23-19(28)22-16-11-7-6-10-15(16)21/h3-11H,2,12-13H2,1H3,(H2,22,23,27,28). The van der Waals surface area contributed by atoms with Crippen molar-refractivity contribution < 1.29 is 14.0 Å². The largest absolute Gasteiger partial charge is 0.325 e. The normalized spacial score (nSPS) is 10.6. The first kappa shape index (κ1) is 20.5. The minimum atomic E-state index is -0.789. The number of carbonyl (C=O) groups excluding carboxylic acids is 2. The van der Waals surface area contributed by atoms with Crippen LogP contribution in [0.1, 0.15) is 18.3 Å². The van der Waals surface area contributed by atoms with E-state index in [0.717, 1.165) is 11.4 Å². The second-order valence-corrected chi connectivity index (χ2v) is 7.02. The average molecular weight is 413 g/mol. The quantitative estimate of drug-likeness (QED) is 0.579. The molecule has 3 aromatic rings. The number of aromatic nitrogens is 3. The summed E-state index contributed by atoms with van der Waals surface area (Å²) in [5.41, 5.74) is 1.12. The lowest BCUT2D eigenvalue weighted by Crippen LogP contribution is -2.35. The Balaban J connectivity index is 1.54. The number of carbonyl (C=O) groups is 2. The highest BCUT2D eigenvalue weighted by atomic mass is 32.2. The number of amides is 3. The lowest BCUT2D eigenvalue weighted by atomic mass is 10.1. The first-order chi connectivity index (χ1) is 14.1. The highest BCUT2D eigenvalue weighted by molar-refractivity contribution is 7.99. The van der Waals surface area contributed by atoms with Crippen molar-refractivity contribution in [2.45, 2.75) is 25.0 Å². The van der Waals surface area contributed by atoms with Crippen molar-refractivity contribution in [2.75, 3.05) is 11.1 Å². The van der Waals surface area contributed by atoms with Gasteiger partial charge in [0.2, 0.25) is 5.91 Å². The number of urea groups is 1. The van der Waals surface area contributed by atoms with Gasteiger partial charge in [0.05, 0.1) is 11.4 Å². The van der Waals surface area contributed by atoms with Crippen LogP contribution in [-0.2, 0) is 17.8 Å². The molecule has 29 heavy (non-hydrogen) atoms. The van der Waals surface area contributed by atoms with Crippen molar-refractivity contribution in [3.8, 4) is 0 Å². The molecule has 0 bridgehead atoms. The molecule has 2 aromatic carbocycles. The minimum absolute atomic E-state index is 0.00160. The van der Waals surface area contributed by atoms with Crippen LogP contribution in [0.15, 0.2) is 59.8 Å². The van der Waals surface area contributed by atoms with Gasteiger partial charge in [-0.3, -0.25) is 10.1 Å². The number of benzene rings is 2. The highest BCUT2D eigenvalue weighted by Crippen LogP contribution is 2.19. The van der Waals surface area contributed by atoms with E-state index in [1.807, 2.05) is 41.8 Å². The molecule has 0 spiro atoms. The summed E-state index contributed by atoms with van der Waals surface area (Å²) in [5.74, 6) is -0.307. The smallest absolute Gasteiger partial charge is 0.306 e. The number of para-hydroxylation sites is 1. The Morgan fingerprint density at radius 1 is 1.07 bits per heavy atom. The summed E-state index contributed by atoms with van der Waals surface area (Å²) in [6.07, 6.45) is 0.638. The zero-order chi connectivity index (χ0) is 20.6. The van der Waals surface area contributed by atoms with Crippen molar-refractivity contribution in [1.82, 2.24) is 20.1 Å². The molecule has 1 aromatic heterocycles. The van der Waals surface area contributed by atoms with Gasteiger partial charge in [-0.2, -0.15) is 0 Å². The van der Waals surface area contributed by atoms with Gasteiger partial charge in [0.1, 0.15) is 11.6 Å². The van der Waals surface area contributed by atoms with Crippen LogP contribution in [0, 0.1) is 5.82 Å². The maximum atomic E-state index is 13.5. The predicted octanol–water partition coefficient (Wildman–Crippen LogP) is 3.47. The third-order valence-corrected chi connectivity index (χ3v) is 4.99. The lowest BCUT2D eigenvalue weighted by Gasteiger charge is -2.08. The fourth-order valence-corrected chi connectivity index (χ4v) is 3.48. The first-order valence-corrected chi connectivity index (χ1v) is 9.99. The SMILES string of the molecule is CCn1c(Cc2ccccc2)nnc1SCC(=O)NC(=O)Nc1ccccc1F. The second kappa shape index (κ2) is 9.83. The van der Waals surface area contributed by atoms with E-state index in [0.29, 0.717) is 18.1 Å². The van der Waals surface area contributed by atoms with Gasteiger partial charge in [-0.15, -0.1) is 10.2 Å². The Morgan fingerprint density at radius 3 is 2.52 bits per heavy atom. The van der Waals surface area contributed by atoms with Gasteiger partial charge in [-0.25, -0.2) is 9.18 Å². The molecular weight excluding hydrogens is 393 g/mol. The molecular formula is C20H20FN5O2S. The van der Waals surface area contributed by atoms with Crippen LogP contribution < -0.4 is 10.6 Å². The van der Waals surface area contributed by atoms with E-state index in [4.69, 9.17) is 0 Å². The highest BCUT2D eigenvalue weighted by Gasteiger charge is 2.15. The summed E-state index contributed by atoms with van der Waals surface area (Å²) in [5, 5.41) is 13.5. The van der Waals surface area contributed by atoms with Gasteiger partial charge in [-0.1, -0.05) is 54.2 Å². The molecule has 150 valence electrons. The fraction of sp³-hybridized carbons (Fsp3) is 0.200. The van der Waals surface area contributed by atoms with Crippen molar-refractivity contribution in [1.29, 1.82) is 0 Å². The van der Waals surface area contributed by atoms with Crippen molar-refractivity contribution in [3.05, 3.63) is 71.8 Å². The van der Waals surface area contributed by atoms with Crippen LogP contribution in [0.3, 0.4) is 0 Å². The van der Waals surface area contributed by atoms with Gasteiger partial charge in [0.15, 0.2) is 5.16 Å². The molecule has 0 aliphatic carbocycles. The summed E-state index contributed by atoms with van der Waals surface area (Å²) < 4.78 is 15.5. The molecule has 1 heterocycles. The Morgan fingerprint density at radius 2 is 1.79 bits per heavy atom. The molecule has 7 nitrogen and oxygen atoms in total. The van der Waals surface area contributed by atoms with E-state index in [9.17, 15) is 14.0 Å².